The summed E-state index contributed by atoms with van der Waals surface area (Å²) >= 11 is 0. The van der Waals surface area contributed by atoms with E-state index < -0.39 is 10.0 Å². The number of rotatable bonds is 6. The highest BCUT2D eigenvalue weighted by molar-refractivity contribution is 7.92. The zero-order valence-electron chi connectivity index (χ0n) is 16.4. The maximum Gasteiger partial charge on any atom is 0.253 e. The number of piperazine rings is 1. The Kier molecular flexibility index (Phi) is 6.83. The van der Waals surface area contributed by atoms with E-state index in [4.69, 9.17) is 0 Å². The van der Waals surface area contributed by atoms with Gasteiger partial charge in [0.15, 0.2) is 0 Å². The molecule has 1 aliphatic rings. The van der Waals surface area contributed by atoms with E-state index in [-0.39, 0.29) is 18.4 Å². The van der Waals surface area contributed by atoms with E-state index >= 15 is 0 Å². The molecule has 0 atom stereocenters. The summed E-state index contributed by atoms with van der Waals surface area (Å²) in [5.74, 6) is -0.387. The summed E-state index contributed by atoms with van der Waals surface area (Å²) < 4.78 is 25.6. The van der Waals surface area contributed by atoms with E-state index in [1.54, 1.807) is 43.3 Å². The first kappa shape index (κ1) is 21.2. The second kappa shape index (κ2) is 8.71. The molecule has 0 saturated carbocycles. The molecule has 27 heavy (non-hydrogen) atoms. The van der Waals surface area contributed by atoms with Crippen molar-refractivity contribution in [1.29, 1.82) is 0 Å². The summed E-state index contributed by atoms with van der Waals surface area (Å²) in [4.78, 5) is 30.0. The van der Waals surface area contributed by atoms with Gasteiger partial charge in [-0.25, -0.2) is 8.42 Å². The SMILES string of the molecule is CCN1CCN(C(=O)CN(c2ccc(C(=O)N(C)C)cc2)S(C)(=O)=O)CC1. The lowest BCUT2D eigenvalue weighted by atomic mass is 10.2. The summed E-state index contributed by atoms with van der Waals surface area (Å²) in [6, 6.07) is 6.25. The highest BCUT2D eigenvalue weighted by Gasteiger charge is 2.26. The largest absolute Gasteiger partial charge is 0.345 e. The Bertz CT molecular complexity index is 769. The smallest absolute Gasteiger partial charge is 0.253 e. The van der Waals surface area contributed by atoms with Crippen LogP contribution in [0.15, 0.2) is 24.3 Å². The molecule has 0 bridgehead atoms. The van der Waals surface area contributed by atoms with Gasteiger partial charge in [0.1, 0.15) is 6.54 Å². The van der Waals surface area contributed by atoms with Crippen LogP contribution in [-0.4, -0.2) is 94.6 Å². The van der Waals surface area contributed by atoms with Gasteiger partial charge in [-0.2, -0.15) is 0 Å². The van der Waals surface area contributed by atoms with E-state index in [2.05, 4.69) is 11.8 Å². The van der Waals surface area contributed by atoms with Gasteiger partial charge in [0.2, 0.25) is 15.9 Å². The zero-order valence-corrected chi connectivity index (χ0v) is 17.2. The zero-order chi connectivity index (χ0) is 20.2. The van der Waals surface area contributed by atoms with Crippen LogP contribution < -0.4 is 4.31 Å². The van der Waals surface area contributed by atoms with E-state index in [9.17, 15) is 18.0 Å². The predicted molar refractivity (Wildman–Crippen MR) is 105 cm³/mol. The third kappa shape index (κ3) is 5.43. The molecule has 0 N–H and O–H groups in total. The molecule has 8 nitrogen and oxygen atoms in total. The summed E-state index contributed by atoms with van der Waals surface area (Å²) in [6.07, 6.45) is 1.08. The van der Waals surface area contributed by atoms with Crippen LogP contribution >= 0.6 is 0 Å². The van der Waals surface area contributed by atoms with Gasteiger partial charge < -0.3 is 14.7 Å². The van der Waals surface area contributed by atoms with Crippen molar-refractivity contribution >= 4 is 27.5 Å². The molecule has 150 valence electrons. The monoisotopic (exact) mass is 396 g/mol. The molecule has 1 aliphatic heterocycles. The average molecular weight is 397 g/mol. The highest BCUT2D eigenvalue weighted by Crippen LogP contribution is 2.19. The molecule has 0 radical (unpaired) electrons. The van der Waals surface area contributed by atoms with Gasteiger partial charge in [-0.15, -0.1) is 0 Å². The molecule has 2 rings (SSSR count). The van der Waals surface area contributed by atoms with Crippen LogP contribution in [0.3, 0.4) is 0 Å². The van der Waals surface area contributed by atoms with Crippen LogP contribution in [0.1, 0.15) is 17.3 Å². The van der Waals surface area contributed by atoms with E-state index in [0.717, 1.165) is 30.2 Å². The number of hydrogen-bond donors (Lipinski definition) is 0. The molecule has 1 saturated heterocycles. The molecule has 9 heteroatoms. The number of likely N-dealkylation sites (N-methyl/N-ethyl adjacent to an activating group) is 1. The van der Waals surface area contributed by atoms with Gasteiger partial charge in [0, 0.05) is 45.8 Å². The van der Waals surface area contributed by atoms with Crippen molar-refractivity contribution < 1.29 is 18.0 Å². The molecular weight excluding hydrogens is 368 g/mol. The van der Waals surface area contributed by atoms with Crippen LogP contribution in [-0.2, 0) is 14.8 Å². The number of anilines is 1. The average Bonchev–Trinajstić information content (AvgIpc) is 2.64. The first-order valence-electron chi connectivity index (χ1n) is 8.93. The van der Waals surface area contributed by atoms with Crippen molar-refractivity contribution in [2.45, 2.75) is 6.92 Å². The van der Waals surface area contributed by atoms with Crippen LogP contribution in [0.4, 0.5) is 5.69 Å². The first-order chi connectivity index (χ1) is 12.6. The quantitative estimate of drug-likeness (QED) is 0.692. The maximum absolute atomic E-state index is 12.6. The Labute approximate surface area is 161 Å². The highest BCUT2D eigenvalue weighted by atomic mass is 32.2. The lowest BCUT2D eigenvalue weighted by Gasteiger charge is -2.35. The van der Waals surface area contributed by atoms with Gasteiger partial charge in [-0.05, 0) is 30.8 Å². The van der Waals surface area contributed by atoms with Gasteiger partial charge >= 0.3 is 0 Å². The van der Waals surface area contributed by atoms with Crippen molar-refractivity contribution in [2.75, 3.05) is 63.9 Å². The minimum absolute atomic E-state index is 0.169. The lowest BCUT2D eigenvalue weighted by molar-refractivity contribution is -0.131. The molecular formula is C18H28N4O4S. The van der Waals surface area contributed by atoms with Crippen molar-refractivity contribution in [3.63, 3.8) is 0 Å². The number of amides is 2. The second-order valence-electron chi connectivity index (χ2n) is 6.83. The molecule has 1 fully saturated rings. The fourth-order valence-corrected chi connectivity index (χ4v) is 3.81. The number of carbonyl (C=O) groups is 2. The Morgan fingerprint density at radius 2 is 1.59 bits per heavy atom. The van der Waals surface area contributed by atoms with E-state index in [0.29, 0.717) is 24.3 Å². The predicted octanol–water partition coefficient (Wildman–Crippen LogP) is 0.319. The molecule has 0 spiro atoms. The van der Waals surface area contributed by atoms with E-state index in [1.165, 1.54) is 4.90 Å². The number of benzene rings is 1. The van der Waals surface area contributed by atoms with Gasteiger partial charge in [0.05, 0.1) is 11.9 Å². The minimum Gasteiger partial charge on any atom is -0.345 e. The summed E-state index contributed by atoms with van der Waals surface area (Å²) in [7, 11) is -0.339. The third-order valence-electron chi connectivity index (χ3n) is 4.66. The summed E-state index contributed by atoms with van der Waals surface area (Å²) in [6.45, 7) is 5.56. The Morgan fingerprint density at radius 3 is 2.04 bits per heavy atom. The van der Waals surface area contributed by atoms with Crippen molar-refractivity contribution in [1.82, 2.24) is 14.7 Å². The first-order valence-corrected chi connectivity index (χ1v) is 10.8. The van der Waals surface area contributed by atoms with Crippen molar-refractivity contribution in [2.24, 2.45) is 0 Å². The van der Waals surface area contributed by atoms with Crippen molar-refractivity contribution in [3.8, 4) is 0 Å². The van der Waals surface area contributed by atoms with Crippen LogP contribution in [0, 0.1) is 0 Å². The third-order valence-corrected chi connectivity index (χ3v) is 5.80. The fourth-order valence-electron chi connectivity index (χ4n) is 2.96. The van der Waals surface area contributed by atoms with E-state index in [1.807, 2.05) is 0 Å². The number of carbonyl (C=O) groups excluding carboxylic acids is 2. The minimum atomic E-state index is -3.64. The molecule has 1 aromatic rings. The molecule has 2 amide bonds. The van der Waals surface area contributed by atoms with Gasteiger partial charge in [-0.1, -0.05) is 6.92 Å². The Hall–Kier alpha value is -2.13. The van der Waals surface area contributed by atoms with Crippen molar-refractivity contribution in [3.05, 3.63) is 29.8 Å². The standard InChI is InChI=1S/C18H28N4O4S/c1-5-20-10-12-21(13-11-20)17(23)14-22(27(4,25)26)16-8-6-15(7-9-16)18(24)19(2)3/h6-9H,5,10-14H2,1-4H3. The second-order valence-corrected chi connectivity index (χ2v) is 8.74. The molecule has 0 aliphatic carbocycles. The van der Waals surface area contributed by atoms with Gasteiger partial charge in [-0.3, -0.25) is 13.9 Å². The normalized spacial score (nSPS) is 15.5. The summed E-state index contributed by atoms with van der Waals surface area (Å²) in [5, 5.41) is 0. The topological polar surface area (TPSA) is 81.2 Å². The maximum atomic E-state index is 12.6. The van der Waals surface area contributed by atoms with Crippen LogP contribution in [0.5, 0.6) is 0 Å². The molecule has 0 unspecified atom stereocenters. The molecule has 1 aromatic carbocycles. The number of hydrogen-bond acceptors (Lipinski definition) is 5. The Morgan fingerprint density at radius 1 is 1.04 bits per heavy atom. The van der Waals surface area contributed by atoms with Gasteiger partial charge in [0.25, 0.3) is 5.91 Å². The number of nitrogens with zero attached hydrogens (tertiary/aromatic N) is 4. The molecule has 1 heterocycles. The summed E-state index contributed by atoms with van der Waals surface area (Å²) in [5.41, 5.74) is 0.826. The number of sulfonamides is 1. The fraction of sp³-hybridized carbons (Fsp3) is 0.556. The lowest BCUT2D eigenvalue weighted by Crippen LogP contribution is -2.51. The Balaban J connectivity index is 2.14. The van der Waals surface area contributed by atoms with Crippen LogP contribution in [0.25, 0.3) is 0 Å². The molecule has 0 aromatic heterocycles. The van der Waals surface area contributed by atoms with Crippen LogP contribution in [0.2, 0.25) is 0 Å².